The van der Waals surface area contributed by atoms with Crippen LogP contribution in [0.2, 0.25) is 0 Å². The number of nitrogens with zero attached hydrogens (tertiary/aromatic N) is 2. The number of H-pyrrole nitrogens is 1. The van der Waals surface area contributed by atoms with E-state index in [0.717, 1.165) is 11.0 Å². The van der Waals surface area contributed by atoms with E-state index in [1.165, 1.54) is 10.8 Å². The van der Waals surface area contributed by atoms with Gasteiger partial charge in [-0.3, -0.25) is 9.36 Å². The zero-order valence-electron chi connectivity index (χ0n) is 12.6. The number of hydrogen-bond donors (Lipinski definition) is 3. The van der Waals surface area contributed by atoms with Crippen molar-refractivity contribution in [2.75, 3.05) is 0 Å². The predicted octanol–water partition coefficient (Wildman–Crippen LogP) is 2.99. The summed E-state index contributed by atoms with van der Waals surface area (Å²) in [7, 11) is 0. The molecule has 0 radical (unpaired) electrons. The number of benzene rings is 1. The van der Waals surface area contributed by atoms with Crippen molar-refractivity contribution in [1.82, 2.24) is 14.5 Å². The zero-order valence-corrected chi connectivity index (χ0v) is 12.6. The van der Waals surface area contributed by atoms with E-state index in [0.29, 0.717) is 5.69 Å². The van der Waals surface area contributed by atoms with Gasteiger partial charge in [-0.25, -0.2) is 4.98 Å². The first-order valence-corrected chi connectivity index (χ1v) is 6.90. The highest BCUT2D eigenvalue weighted by atomic mass is 16.3. The molecule has 0 spiro atoms. The Hall–Kier alpha value is -2.76. The van der Waals surface area contributed by atoms with Crippen LogP contribution in [-0.4, -0.2) is 30.5 Å². The number of Topliss-reactive ketones (excluding diaryl/α,β-unsaturated/α-hetero) is 1. The van der Waals surface area contributed by atoms with Crippen LogP contribution in [0.4, 0.5) is 0 Å². The number of aromatic hydroxyl groups is 2. The van der Waals surface area contributed by atoms with E-state index >= 15 is 0 Å². The van der Waals surface area contributed by atoms with Gasteiger partial charge < -0.3 is 15.2 Å². The molecule has 0 aliphatic heterocycles. The molecule has 3 aromatic rings. The minimum Gasteiger partial charge on any atom is -0.503 e. The Kier molecular flexibility index (Phi) is 2.98. The van der Waals surface area contributed by atoms with Gasteiger partial charge in [-0.1, -0.05) is 20.8 Å². The lowest BCUT2D eigenvalue weighted by Crippen LogP contribution is -2.19. The predicted molar refractivity (Wildman–Crippen MR) is 82.5 cm³/mol. The Labute approximate surface area is 127 Å². The van der Waals surface area contributed by atoms with Crippen LogP contribution in [0.1, 0.15) is 31.1 Å². The van der Waals surface area contributed by atoms with Gasteiger partial charge in [0, 0.05) is 11.6 Å². The van der Waals surface area contributed by atoms with Gasteiger partial charge in [-0.2, -0.15) is 0 Å². The third-order valence-corrected chi connectivity index (χ3v) is 3.56. The molecule has 0 unspecified atom stereocenters. The first-order valence-electron chi connectivity index (χ1n) is 6.90. The van der Waals surface area contributed by atoms with Crippen molar-refractivity contribution < 1.29 is 15.0 Å². The number of hydrogen-bond acceptors (Lipinski definition) is 4. The number of carbonyl (C=O) groups excluding carboxylic acids is 1. The highest BCUT2D eigenvalue weighted by Gasteiger charge is 2.29. The SMILES string of the molecule is CC(C)(C)C(=O)c1cn(-c2ccc3nc[nH]c3c2)c(O)c1O. The van der Waals surface area contributed by atoms with E-state index in [1.807, 2.05) is 0 Å². The van der Waals surface area contributed by atoms with Crippen molar-refractivity contribution in [3.63, 3.8) is 0 Å². The Morgan fingerprint density at radius 1 is 1.27 bits per heavy atom. The lowest BCUT2D eigenvalue weighted by Gasteiger charge is -2.15. The Bertz CT molecular complexity index is 869. The summed E-state index contributed by atoms with van der Waals surface area (Å²) in [5.41, 5.74) is 1.68. The van der Waals surface area contributed by atoms with Crippen molar-refractivity contribution >= 4 is 16.8 Å². The third-order valence-electron chi connectivity index (χ3n) is 3.56. The second-order valence-electron chi connectivity index (χ2n) is 6.27. The first kappa shape index (κ1) is 14.2. The maximum Gasteiger partial charge on any atom is 0.240 e. The fourth-order valence-corrected chi connectivity index (χ4v) is 2.33. The molecule has 0 saturated heterocycles. The van der Waals surface area contributed by atoms with E-state index in [2.05, 4.69) is 9.97 Å². The second kappa shape index (κ2) is 4.62. The standard InChI is InChI=1S/C16H17N3O3/c1-16(2,3)14(21)10-7-19(15(22)13(10)20)9-4-5-11-12(6-9)18-8-17-11/h4-8,20,22H,1-3H3,(H,17,18). The molecule has 22 heavy (non-hydrogen) atoms. The average Bonchev–Trinajstić information content (AvgIpc) is 3.03. The molecule has 0 aliphatic carbocycles. The fourth-order valence-electron chi connectivity index (χ4n) is 2.33. The minimum atomic E-state index is -0.649. The van der Waals surface area contributed by atoms with Gasteiger partial charge in [0.15, 0.2) is 11.5 Å². The quantitative estimate of drug-likeness (QED) is 0.634. The lowest BCUT2D eigenvalue weighted by molar-refractivity contribution is 0.0855. The monoisotopic (exact) mass is 299 g/mol. The first-order chi connectivity index (χ1) is 10.3. The molecule has 0 aliphatic rings. The number of ketones is 1. The fraction of sp³-hybridized carbons (Fsp3) is 0.250. The number of imidazole rings is 1. The third kappa shape index (κ3) is 2.13. The molecule has 6 nitrogen and oxygen atoms in total. The molecule has 1 aromatic carbocycles. The summed E-state index contributed by atoms with van der Waals surface area (Å²) < 4.78 is 1.38. The summed E-state index contributed by atoms with van der Waals surface area (Å²) in [4.78, 5) is 19.5. The molecule has 0 bridgehead atoms. The molecular formula is C16H17N3O3. The van der Waals surface area contributed by atoms with Crippen LogP contribution in [0.5, 0.6) is 11.6 Å². The maximum absolute atomic E-state index is 12.4. The van der Waals surface area contributed by atoms with Crippen LogP contribution >= 0.6 is 0 Å². The van der Waals surface area contributed by atoms with Crippen molar-refractivity contribution in [3.05, 3.63) is 36.3 Å². The summed E-state index contributed by atoms with van der Waals surface area (Å²) >= 11 is 0. The number of aromatic amines is 1. The van der Waals surface area contributed by atoms with Gasteiger partial charge in [-0.15, -0.1) is 0 Å². The van der Waals surface area contributed by atoms with E-state index < -0.39 is 11.2 Å². The summed E-state index contributed by atoms with van der Waals surface area (Å²) in [6.07, 6.45) is 3.03. The molecule has 0 atom stereocenters. The Balaban J connectivity index is 2.13. The van der Waals surface area contributed by atoms with Crippen LogP contribution < -0.4 is 0 Å². The van der Waals surface area contributed by atoms with Gasteiger partial charge in [0.2, 0.25) is 5.88 Å². The highest BCUT2D eigenvalue weighted by Crippen LogP contribution is 2.37. The van der Waals surface area contributed by atoms with Crippen molar-refractivity contribution in [1.29, 1.82) is 0 Å². The number of fused-ring (bicyclic) bond motifs is 1. The van der Waals surface area contributed by atoms with Gasteiger partial charge in [-0.05, 0) is 18.2 Å². The highest BCUT2D eigenvalue weighted by molar-refractivity contribution is 6.02. The molecule has 2 aromatic heterocycles. The van der Waals surface area contributed by atoms with Gasteiger partial charge in [0.25, 0.3) is 0 Å². The molecule has 3 rings (SSSR count). The summed E-state index contributed by atoms with van der Waals surface area (Å²) in [5, 5.41) is 20.2. The Morgan fingerprint density at radius 3 is 2.68 bits per heavy atom. The Morgan fingerprint density at radius 2 is 2.00 bits per heavy atom. The van der Waals surface area contributed by atoms with E-state index in [-0.39, 0.29) is 17.2 Å². The normalized spacial score (nSPS) is 12.0. The van der Waals surface area contributed by atoms with Gasteiger partial charge >= 0.3 is 0 Å². The van der Waals surface area contributed by atoms with Crippen LogP contribution in [0.15, 0.2) is 30.7 Å². The van der Waals surface area contributed by atoms with Crippen LogP contribution in [0.25, 0.3) is 16.7 Å². The number of rotatable bonds is 2. The molecule has 6 heteroatoms. The van der Waals surface area contributed by atoms with Crippen LogP contribution in [0.3, 0.4) is 0 Å². The van der Waals surface area contributed by atoms with Crippen LogP contribution in [0, 0.1) is 5.41 Å². The van der Waals surface area contributed by atoms with Gasteiger partial charge in [0.05, 0.1) is 28.6 Å². The summed E-state index contributed by atoms with van der Waals surface area (Å²) in [6.45, 7) is 5.29. The smallest absolute Gasteiger partial charge is 0.240 e. The molecule has 0 amide bonds. The average molecular weight is 299 g/mol. The summed E-state index contributed by atoms with van der Waals surface area (Å²) in [6, 6.07) is 5.34. The zero-order chi connectivity index (χ0) is 16.1. The van der Waals surface area contributed by atoms with Crippen LogP contribution in [-0.2, 0) is 0 Å². The number of aromatic nitrogens is 3. The summed E-state index contributed by atoms with van der Waals surface area (Å²) in [5.74, 6) is -0.988. The molecule has 114 valence electrons. The molecule has 3 N–H and O–H groups in total. The van der Waals surface area contributed by atoms with E-state index in [9.17, 15) is 15.0 Å². The van der Waals surface area contributed by atoms with E-state index in [4.69, 9.17) is 0 Å². The van der Waals surface area contributed by atoms with Crippen molar-refractivity contribution in [2.24, 2.45) is 5.41 Å². The maximum atomic E-state index is 12.4. The largest absolute Gasteiger partial charge is 0.503 e. The van der Waals surface area contributed by atoms with Crippen molar-refractivity contribution in [2.45, 2.75) is 20.8 Å². The molecular weight excluding hydrogens is 282 g/mol. The second-order valence-corrected chi connectivity index (χ2v) is 6.27. The van der Waals surface area contributed by atoms with E-state index in [1.54, 1.807) is 45.3 Å². The minimum absolute atomic E-state index is 0.106. The number of nitrogens with one attached hydrogen (secondary N) is 1. The number of carbonyl (C=O) groups is 1. The lowest BCUT2D eigenvalue weighted by atomic mass is 9.87. The molecule has 0 fully saturated rings. The molecule has 0 saturated carbocycles. The molecule has 2 heterocycles. The van der Waals surface area contributed by atoms with Gasteiger partial charge in [0.1, 0.15) is 0 Å². The topological polar surface area (TPSA) is 91.1 Å². The van der Waals surface area contributed by atoms with Crippen molar-refractivity contribution in [3.8, 4) is 17.3 Å².